The second kappa shape index (κ2) is 6.84. The first kappa shape index (κ1) is 15.6. The number of hydrogen-bond acceptors (Lipinski definition) is 4. The number of carbonyl (C=O) groups is 1. The van der Waals surface area contributed by atoms with Crippen molar-refractivity contribution in [3.05, 3.63) is 23.7 Å². The van der Waals surface area contributed by atoms with E-state index >= 15 is 0 Å². The molecule has 1 amide bonds. The van der Waals surface area contributed by atoms with Crippen LogP contribution in [0.25, 0.3) is 0 Å². The van der Waals surface area contributed by atoms with E-state index in [0.29, 0.717) is 36.1 Å². The number of likely N-dealkylation sites (tertiary alicyclic amines) is 1. The van der Waals surface area contributed by atoms with E-state index in [2.05, 4.69) is 17.1 Å². The number of nitrogens with zero attached hydrogens (tertiary/aromatic N) is 1. The number of aliphatic hydroxyl groups is 1. The van der Waals surface area contributed by atoms with Crippen LogP contribution in [0.1, 0.15) is 44.1 Å². The molecule has 122 valence electrons. The van der Waals surface area contributed by atoms with Gasteiger partial charge in [-0.05, 0) is 37.3 Å². The number of furan rings is 1. The van der Waals surface area contributed by atoms with Gasteiger partial charge in [0.15, 0.2) is 0 Å². The molecule has 5 nitrogen and oxygen atoms in total. The first-order valence-electron chi connectivity index (χ1n) is 8.42. The Morgan fingerprint density at radius 1 is 1.36 bits per heavy atom. The van der Waals surface area contributed by atoms with Crippen LogP contribution in [0, 0.1) is 11.8 Å². The summed E-state index contributed by atoms with van der Waals surface area (Å²) < 4.78 is 5.51. The van der Waals surface area contributed by atoms with Gasteiger partial charge >= 0.3 is 0 Å². The maximum absolute atomic E-state index is 12.2. The molecule has 5 heteroatoms. The van der Waals surface area contributed by atoms with Crippen LogP contribution in [0.3, 0.4) is 0 Å². The lowest BCUT2D eigenvalue weighted by molar-refractivity contribution is -0.134. The zero-order valence-corrected chi connectivity index (χ0v) is 13.3. The fourth-order valence-electron chi connectivity index (χ4n) is 3.34. The van der Waals surface area contributed by atoms with Gasteiger partial charge in [-0.1, -0.05) is 13.3 Å². The Morgan fingerprint density at radius 3 is 2.77 bits per heavy atom. The lowest BCUT2D eigenvalue weighted by atomic mass is 9.89. The fourth-order valence-corrected chi connectivity index (χ4v) is 3.34. The third-order valence-electron chi connectivity index (χ3n) is 4.91. The molecule has 1 aromatic heterocycles. The molecule has 1 aliphatic heterocycles. The van der Waals surface area contributed by atoms with Crippen molar-refractivity contribution in [3.63, 3.8) is 0 Å². The predicted molar refractivity (Wildman–Crippen MR) is 83.0 cm³/mol. The van der Waals surface area contributed by atoms with Crippen LogP contribution in [0.2, 0.25) is 0 Å². The van der Waals surface area contributed by atoms with Gasteiger partial charge in [0.2, 0.25) is 5.91 Å². The van der Waals surface area contributed by atoms with Gasteiger partial charge < -0.3 is 19.7 Å². The Morgan fingerprint density at radius 2 is 2.14 bits per heavy atom. The Hall–Kier alpha value is -1.33. The van der Waals surface area contributed by atoms with Crippen LogP contribution in [0.4, 0.5) is 0 Å². The lowest BCUT2D eigenvalue weighted by Gasteiger charge is -2.39. The molecule has 2 N–H and O–H groups in total. The summed E-state index contributed by atoms with van der Waals surface area (Å²) in [4.78, 5) is 14.3. The van der Waals surface area contributed by atoms with Gasteiger partial charge in [-0.25, -0.2) is 0 Å². The van der Waals surface area contributed by atoms with E-state index in [0.717, 1.165) is 44.5 Å². The molecular weight excluding hydrogens is 280 g/mol. The van der Waals surface area contributed by atoms with Crippen LogP contribution < -0.4 is 5.32 Å². The van der Waals surface area contributed by atoms with Crippen LogP contribution in [-0.4, -0.2) is 35.0 Å². The maximum atomic E-state index is 12.2. The zero-order chi connectivity index (χ0) is 15.5. The Kier molecular flexibility index (Phi) is 4.84. The highest BCUT2D eigenvalue weighted by atomic mass is 16.4. The summed E-state index contributed by atoms with van der Waals surface area (Å²) in [5, 5.41) is 12.6. The average molecular weight is 306 g/mol. The first-order chi connectivity index (χ1) is 10.7. The molecule has 0 aromatic carbocycles. The van der Waals surface area contributed by atoms with Gasteiger partial charge in [0.1, 0.15) is 18.1 Å². The lowest BCUT2D eigenvalue weighted by Crippen LogP contribution is -2.51. The van der Waals surface area contributed by atoms with Gasteiger partial charge in [0.25, 0.3) is 0 Å². The minimum Gasteiger partial charge on any atom is -0.462 e. The topological polar surface area (TPSA) is 65.7 Å². The van der Waals surface area contributed by atoms with Crippen LogP contribution in [0.5, 0.6) is 0 Å². The highest BCUT2D eigenvalue weighted by Crippen LogP contribution is 2.33. The molecule has 1 saturated heterocycles. The number of rotatable bonds is 6. The zero-order valence-electron chi connectivity index (χ0n) is 13.3. The molecule has 1 aromatic rings. The summed E-state index contributed by atoms with van der Waals surface area (Å²) in [5.74, 6) is 2.66. The first-order valence-corrected chi connectivity index (χ1v) is 8.42. The van der Waals surface area contributed by atoms with Crippen molar-refractivity contribution < 1.29 is 14.3 Å². The molecule has 1 aliphatic carbocycles. The van der Waals surface area contributed by atoms with E-state index < -0.39 is 0 Å². The molecule has 0 bridgehead atoms. The second-order valence-corrected chi connectivity index (χ2v) is 6.53. The van der Waals surface area contributed by atoms with Crippen molar-refractivity contribution in [1.82, 2.24) is 10.2 Å². The summed E-state index contributed by atoms with van der Waals surface area (Å²) >= 11 is 0. The quantitative estimate of drug-likeness (QED) is 0.842. The van der Waals surface area contributed by atoms with E-state index in [9.17, 15) is 4.79 Å². The van der Waals surface area contributed by atoms with Gasteiger partial charge in [-0.3, -0.25) is 4.79 Å². The van der Waals surface area contributed by atoms with Crippen LogP contribution in [-0.2, 0) is 17.9 Å². The molecule has 0 radical (unpaired) electrons. The fraction of sp³-hybridized carbons (Fsp3) is 0.706. The van der Waals surface area contributed by atoms with E-state index in [1.54, 1.807) is 0 Å². The monoisotopic (exact) mass is 306 g/mol. The Balaban J connectivity index is 1.51. The number of nitrogens with one attached hydrogen (secondary N) is 1. The second-order valence-electron chi connectivity index (χ2n) is 6.53. The largest absolute Gasteiger partial charge is 0.462 e. The van der Waals surface area contributed by atoms with Crippen molar-refractivity contribution in [2.75, 3.05) is 13.1 Å². The molecule has 22 heavy (non-hydrogen) atoms. The minimum absolute atomic E-state index is 0.0563. The molecule has 3 rings (SSSR count). The van der Waals surface area contributed by atoms with Gasteiger partial charge in [0, 0.05) is 25.0 Å². The third-order valence-corrected chi connectivity index (χ3v) is 4.91. The molecule has 2 fully saturated rings. The normalized spacial score (nSPS) is 25.5. The van der Waals surface area contributed by atoms with Gasteiger partial charge in [-0.15, -0.1) is 0 Å². The summed E-state index contributed by atoms with van der Waals surface area (Å²) in [6.07, 6.45) is 4.25. The van der Waals surface area contributed by atoms with E-state index in [-0.39, 0.29) is 6.61 Å². The number of amides is 1. The SMILES string of the molecule is CC[C@H]1CN(C(=O)C2CC2)CC[C@@H]1NCc1ccc(CO)o1. The van der Waals surface area contributed by atoms with Crippen molar-refractivity contribution in [2.45, 2.75) is 51.8 Å². The molecular formula is C17H26N2O3. The summed E-state index contributed by atoms with van der Waals surface area (Å²) in [7, 11) is 0. The van der Waals surface area contributed by atoms with E-state index in [1.165, 1.54) is 0 Å². The number of carbonyl (C=O) groups excluding carboxylic acids is 1. The van der Waals surface area contributed by atoms with Crippen molar-refractivity contribution in [3.8, 4) is 0 Å². The number of hydrogen-bond donors (Lipinski definition) is 2. The predicted octanol–water partition coefficient (Wildman–Crippen LogP) is 1.90. The maximum Gasteiger partial charge on any atom is 0.225 e. The number of aliphatic hydroxyl groups excluding tert-OH is 1. The smallest absolute Gasteiger partial charge is 0.225 e. The molecule has 2 aliphatic rings. The van der Waals surface area contributed by atoms with Gasteiger partial charge in [0.05, 0.1) is 6.54 Å². The van der Waals surface area contributed by atoms with Crippen molar-refractivity contribution in [1.29, 1.82) is 0 Å². The van der Waals surface area contributed by atoms with Gasteiger partial charge in [-0.2, -0.15) is 0 Å². The molecule has 2 heterocycles. The van der Waals surface area contributed by atoms with Crippen LogP contribution in [0.15, 0.2) is 16.5 Å². The van der Waals surface area contributed by atoms with E-state index in [4.69, 9.17) is 9.52 Å². The summed E-state index contributed by atoms with van der Waals surface area (Å²) in [5.41, 5.74) is 0. The highest BCUT2D eigenvalue weighted by Gasteiger charge is 2.37. The molecule has 2 atom stereocenters. The minimum atomic E-state index is -0.0563. The summed E-state index contributed by atoms with van der Waals surface area (Å²) in [6.45, 7) is 4.56. The highest BCUT2D eigenvalue weighted by molar-refractivity contribution is 5.81. The Bertz CT molecular complexity index is 510. The van der Waals surface area contributed by atoms with E-state index in [1.807, 2.05) is 12.1 Å². The Labute approximate surface area is 131 Å². The van der Waals surface area contributed by atoms with Crippen molar-refractivity contribution in [2.24, 2.45) is 11.8 Å². The number of piperidine rings is 1. The molecule has 0 unspecified atom stereocenters. The summed E-state index contributed by atoms with van der Waals surface area (Å²) in [6, 6.07) is 4.15. The standard InChI is InChI=1S/C17H26N2O3/c1-2-12-10-19(17(21)13-3-4-13)8-7-16(12)18-9-14-5-6-15(11-20)22-14/h5-6,12-13,16,18,20H,2-4,7-11H2,1H3/t12-,16-/m0/s1. The van der Waals surface area contributed by atoms with Crippen LogP contribution >= 0.6 is 0 Å². The molecule has 0 spiro atoms. The average Bonchev–Trinajstić information content (AvgIpc) is 3.30. The van der Waals surface area contributed by atoms with Crippen molar-refractivity contribution >= 4 is 5.91 Å². The molecule has 1 saturated carbocycles. The third kappa shape index (κ3) is 3.52.